The summed E-state index contributed by atoms with van der Waals surface area (Å²) in [6.45, 7) is 1.06. The third-order valence-corrected chi connectivity index (χ3v) is 3.34. The van der Waals surface area contributed by atoms with Crippen LogP contribution in [0.3, 0.4) is 0 Å². The summed E-state index contributed by atoms with van der Waals surface area (Å²) in [4.78, 5) is 8.57. The summed E-state index contributed by atoms with van der Waals surface area (Å²) in [6, 6.07) is 0.320. The van der Waals surface area contributed by atoms with Crippen LogP contribution < -0.4 is 5.32 Å². The van der Waals surface area contributed by atoms with Gasteiger partial charge in [-0.3, -0.25) is 9.38 Å². The third-order valence-electron chi connectivity index (χ3n) is 3.07. The van der Waals surface area contributed by atoms with Gasteiger partial charge < -0.3 is 5.32 Å². The average Bonchev–Trinajstić information content (AvgIpc) is 2.69. The summed E-state index contributed by atoms with van der Waals surface area (Å²) < 4.78 is 1.88. The van der Waals surface area contributed by atoms with E-state index in [4.69, 9.17) is 11.6 Å². The van der Waals surface area contributed by atoms with Gasteiger partial charge in [-0.2, -0.15) is 0 Å². The van der Waals surface area contributed by atoms with Gasteiger partial charge in [-0.1, -0.05) is 6.42 Å². The van der Waals surface area contributed by atoms with E-state index in [1.54, 1.807) is 6.20 Å². The number of piperidine rings is 1. The molecule has 0 radical (unpaired) electrons. The minimum absolute atomic E-state index is 0.320. The molecular formula is C11H13ClN4. The highest BCUT2D eigenvalue weighted by Crippen LogP contribution is 2.27. The maximum Gasteiger partial charge on any atom is 0.207 e. The van der Waals surface area contributed by atoms with Crippen LogP contribution in [0.4, 0.5) is 0 Å². The van der Waals surface area contributed by atoms with Crippen LogP contribution in [0.2, 0.25) is 5.28 Å². The SMILES string of the molecule is Clc1nc(C2CCCCN2)c2cnccn12. The van der Waals surface area contributed by atoms with Crippen LogP contribution in [0.25, 0.3) is 5.52 Å². The maximum atomic E-state index is 6.09. The van der Waals surface area contributed by atoms with Crippen molar-refractivity contribution in [2.24, 2.45) is 0 Å². The Morgan fingerprint density at radius 2 is 2.38 bits per heavy atom. The van der Waals surface area contributed by atoms with Crippen molar-refractivity contribution in [1.29, 1.82) is 0 Å². The number of nitrogens with one attached hydrogen (secondary N) is 1. The molecule has 1 N–H and O–H groups in total. The van der Waals surface area contributed by atoms with Crippen molar-refractivity contribution in [3.63, 3.8) is 0 Å². The quantitative estimate of drug-likeness (QED) is 0.826. The summed E-state index contributed by atoms with van der Waals surface area (Å²) in [7, 11) is 0. The molecule has 3 heterocycles. The lowest BCUT2D eigenvalue weighted by molar-refractivity contribution is 0.408. The van der Waals surface area contributed by atoms with E-state index >= 15 is 0 Å². The van der Waals surface area contributed by atoms with E-state index in [1.165, 1.54) is 12.8 Å². The lowest BCUT2D eigenvalue weighted by atomic mass is 10.0. The van der Waals surface area contributed by atoms with Crippen LogP contribution in [0, 0.1) is 0 Å². The van der Waals surface area contributed by atoms with Crippen LogP contribution in [-0.2, 0) is 0 Å². The molecule has 1 fully saturated rings. The van der Waals surface area contributed by atoms with Crippen molar-refractivity contribution in [2.75, 3.05) is 6.54 Å². The van der Waals surface area contributed by atoms with E-state index in [1.807, 2.05) is 16.8 Å². The molecule has 1 unspecified atom stereocenters. The summed E-state index contributed by atoms with van der Waals surface area (Å²) in [5, 5.41) is 3.99. The van der Waals surface area contributed by atoms with Crippen LogP contribution in [0.5, 0.6) is 0 Å². The van der Waals surface area contributed by atoms with E-state index in [0.29, 0.717) is 11.3 Å². The van der Waals surface area contributed by atoms with Gasteiger partial charge >= 0.3 is 0 Å². The molecule has 3 rings (SSSR count). The first-order valence-electron chi connectivity index (χ1n) is 5.57. The Morgan fingerprint density at radius 3 is 3.19 bits per heavy atom. The summed E-state index contributed by atoms with van der Waals surface area (Å²) in [5.74, 6) is 0. The van der Waals surface area contributed by atoms with Crippen molar-refractivity contribution in [1.82, 2.24) is 19.7 Å². The summed E-state index contributed by atoms with van der Waals surface area (Å²) in [6.07, 6.45) is 9.00. The Hall–Kier alpha value is -1.13. The molecule has 0 saturated carbocycles. The molecule has 0 bridgehead atoms. The molecule has 1 atom stereocenters. The first-order chi connectivity index (χ1) is 7.86. The number of hydrogen-bond acceptors (Lipinski definition) is 3. The molecule has 1 aliphatic heterocycles. The Kier molecular flexibility index (Phi) is 2.53. The fraction of sp³-hybridized carbons (Fsp3) is 0.455. The second-order valence-electron chi connectivity index (χ2n) is 4.10. The molecular weight excluding hydrogens is 224 g/mol. The van der Waals surface area contributed by atoms with Gasteiger partial charge in [-0.15, -0.1) is 0 Å². The fourth-order valence-corrected chi connectivity index (χ4v) is 2.50. The average molecular weight is 237 g/mol. The first kappa shape index (κ1) is 10.1. The highest BCUT2D eigenvalue weighted by molar-refractivity contribution is 6.28. The molecule has 2 aromatic rings. The fourth-order valence-electron chi connectivity index (χ4n) is 2.26. The second kappa shape index (κ2) is 4.03. The van der Waals surface area contributed by atoms with Crippen molar-refractivity contribution in [3.05, 3.63) is 29.6 Å². The number of hydrogen-bond donors (Lipinski definition) is 1. The van der Waals surface area contributed by atoms with Crippen LogP contribution in [0.1, 0.15) is 31.0 Å². The molecule has 5 heteroatoms. The zero-order chi connectivity index (χ0) is 11.0. The smallest absolute Gasteiger partial charge is 0.207 e. The number of aromatic nitrogens is 3. The molecule has 84 valence electrons. The normalized spacial score (nSPS) is 21.4. The molecule has 16 heavy (non-hydrogen) atoms. The number of rotatable bonds is 1. The topological polar surface area (TPSA) is 42.2 Å². The van der Waals surface area contributed by atoms with E-state index in [9.17, 15) is 0 Å². The van der Waals surface area contributed by atoms with E-state index in [-0.39, 0.29) is 0 Å². The Balaban J connectivity index is 2.08. The summed E-state index contributed by atoms with van der Waals surface area (Å²) in [5.41, 5.74) is 2.03. The lowest BCUT2D eigenvalue weighted by Crippen LogP contribution is -2.27. The Bertz CT molecular complexity index is 502. The zero-order valence-corrected chi connectivity index (χ0v) is 9.61. The van der Waals surface area contributed by atoms with Gasteiger partial charge in [0.05, 0.1) is 23.4 Å². The number of nitrogens with zero attached hydrogens (tertiary/aromatic N) is 3. The molecule has 1 saturated heterocycles. The highest BCUT2D eigenvalue weighted by atomic mass is 35.5. The van der Waals surface area contributed by atoms with Crippen molar-refractivity contribution in [2.45, 2.75) is 25.3 Å². The Labute approximate surface area is 98.7 Å². The van der Waals surface area contributed by atoms with Gasteiger partial charge in [0.25, 0.3) is 0 Å². The monoisotopic (exact) mass is 236 g/mol. The van der Waals surface area contributed by atoms with Gasteiger partial charge in [0, 0.05) is 12.4 Å². The molecule has 0 amide bonds. The molecule has 0 aromatic carbocycles. The van der Waals surface area contributed by atoms with Crippen molar-refractivity contribution < 1.29 is 0 Å². The lowest BCUT2D eigenvalue weighted by Gasteiger charge is -2.21. The maximum absolute atomic E-state index is 6.09. The van der Waals surface area contributed by atoms with Gasteiger partial charge in [0.1, 0.15) is 0 Å². The van der Waals surface area contributed by atoms with Crippen LogP contribution in [0.15, 0.2) is 18.6 Å². The predicted molar refractivity (Wildman–Crippen MR) is 62.6 cm³/mol. The standard InChI is InChI=1S/C11H13ClN4/c12-11-15-10(8-3-1-2-4-14-8)9-7-13-5-6-16(9)11/h5-8,14H,1-4H2. The Morgan fingerprint density at radius 1 is 1.44 bits per heavy atom. The van der Waals surface area contributed by atoms with E-state index < -0.39 is 0 Å². The second-order valence-corrected chi connectivity index (χ2v) is 4.44. The summed E-state index contributed by atoms with van der Waals surface area (Å²) >= 11 is 6.09. The zero-order valence-electron chi connectivity index (χ0n) is 8.86. The number of imidazole rings is 1. The van der Waals surface area contributed by atoms with Crippen LogP contribution in [-0.4, -0.2) is 20.9 Å². The molecule has 0 spiro atoms. The largest absolute Gasteiger partial charge is 0.309 e. The number of fused-ring (bicyclic) bond motifs is 1. The molecule has 4 nitrogen and oxygen atoms in total. The van der Waals surface area contributed by atoms with Gasteiger partial charge in [-0.25, -0.2) is 4.98 Å². The minimum Gasteiger partial charge on any atom is -0.309 e. The molecule has 2 aromatic heterocycles. The minimum atomic E-state index is 0.320. The van der Waals surface area contributed by atoms with Gasteiger partial charge in [0.15, 0.2) is 0 Å². The van der Waals surface area contributed by atoms with E-state index in [0.717, 1.165) is 24.2 Å². The molecule has 1 aliphatic rings. The first-order valence-corrected chi connectivity index (χ1v) is 5.95. The third kappa shape index (κ3) is 1.58. The van der Waals surface area contributed by atoms with Crippen molar-refractivity contribution in [3.8, 4) is 0 Å². The molecule has 0 aliphatic carbocycles. The van der Waals surface area contributed by atoms with Gasteiger partial charge in [0.2, 0.25) is 5.28 Å². The predicted octanol–water partition coefficient (Wildman–Crippen LogP) is 2.20. The van der Waals surface area contributed by atoms with E-state index in [2.05, 4.69) is 15.3 Å². The van der Waals surface area contributed by atoms with Crippen molar-refractivity contribution >= 4 is 17.1 Å². The van der Waals surface area contributed by atoms with Crippen LogP contribution >= 0.6 is 11.6 Å². The number of halogens is 1. The van der Waals surface area contributed by atoms with Gasteiger partial charge in [-0.05, 0) is 31.0 Å². The highest BCUT2D eigenvalue weighted by Gasteiger charge is 2.21.